The molecule has 20 heavy (non-hydrogen) atoms. The molecule has 1 aliphatic heterocycles. The summed E-state index contributed by atoms with van der Waals surface area (Å²) in [6, 6.07) is -0.167. The van der Waals surface area contributed by atoms with E-state index >= 15 is 0 Å². The first-order chi connectivity index (χ1) is 9.29. The second kappa shape index (κ2) is 5.35. The molecule has 1 heterocycles. The number of hydrogen-bond donors (Lipinski definition) is 1. The average molecular weight is 282 g/mol. The Kier molecular flexibility index (Phi) is 4.09. The lowest BCUT2D eigenvalue weighted by Crippen LogP contribution is -2.49. The van der Waals surface area contributed by atoms with E-state index in [0.717, 1.165) is 12.8 Å². The molecule has 3 atom stereocenters. The van der Waals surface area contributed by atoms with Gasteiger partial charge in [0.25, 0.3) is 0 Å². The van der Waals surface area contributed by atoms with Crippen molar-refractivity contribution in [2.75, 3.05) is 27.2 Å². The van der Waals surface area contributed by atoms with Crippen LogP contribution >= 0.6 is 0 Å². The van der Waals surface area contributed by atoms with Crippen molar-refractivity contribution in [1.82, 2.24) is 9.80 Å². The third kappa shape index (κ3) is 2.32. The third-order valence-electron chi connectivity index (χ3n) is 5.05. The van der Waals surface area contributed by atoms with Gasteiger partial charge in [0.2, 0.25) is 5.91 Å². The van der Waals surface area contributed by atoms with Crippen LogP contribution in [0.25, 0.3) is 0 Å². The molecule has 1 N–H and O–H groups in total. The van der Waals surface area contributed by atoms with E-state index in [0.29, 0.717) is 19.5 Å². The van der Waals surface area contributed by atoms with Crippen molar-refractivity contribution in [2.45, 2.75) is 39.2 Å². The van der Waals surface area contributed by atoms with Crippen LogP contribution in [0.1, 0.15) is 33.1 Å². The lowest BCUT2D eigenvalue weighted by molar-refractivity contribution is -0.149. The zero-order valence-electron chi connectivity index (χ0n) is 12.9. The lowest BCUT2D eigenvalue weighted by atomic mass is 9.81. The van der Waals surface area contributed by atoms with Crippen molar-refractivity contribution < 1.29 is 14.7 Å². The molecule has 0 aromatic carbocycles. The molecule has 0 aromatic heterocycles. The van der Waals surface area contributed by atoms with Crippen LogP contribution in [0.5, 0.6) is 0 Å². The van der Waals surface area contributed by atoms with Gasteiger partial charge in [-0.15, -0.1) is 0 Å². The second-order valence-electron chi connectivity index (χ2n) is 6.92. The standard InChI is InChI=1S/C15H26N2O3/c1-10(2)12(16(3)4)13(18)17-8-11-6-5-7-15(11,9-17)14(19)20/h10-12H,5-9H2,1-4H3,(H,19,20)/t11-,12+,15+/m0/s1. The van der Waals surface area contributed by atoms with Crippen LogP contribution in [0.4, 0.5) is 0 Å². The summed E-state index contributed by atoms with van der Waals surface area (Å²) in [4.78, 5) is 28.1. The van der Waals surface area contributed by atoms with Gasteiger partial charge in [-0.2, -0.15) is 0 Å². The summed E-state index contributed by atoms with van der Waals surface area (Å²) in [5, 5.41) is 9.58. The summed E-state index contributed by atoms with van der Waals surface area (Å²) in [5.41, 5.74) is -0.677. The van der Waals surface area contributed by atoms with Crippen molar-refractivity contribution >= 4 is 11.9 Å². The molecule has 5 heteroatoms. The maximum atomic E-state index is 12.7. The Morgan fingerprint density at radius 3 is 2.45 bits per heavy atom. The highest BCUT2D eigenvalue weighted by Gasteiger charge is 2.56. The number of carboxylic acids is 1. The summed E-state index contributed by atoms with van der Waals surface area (Å²) in [5.74, 6) is -0.279. The van der Waals surface area contributed by atoms with Gasteiger partial charge < -0.3 is 10.0 Å². The average Bonchev–Trinajstić information content (AvgIpc) is 2.83. The molecule has 1 amide bonds. The Hall–Kier alpha value is -1.10. The van der Waals surface area contributed by atoms with Crippen LogP contribution in [-0.4, -0.2) is 60.0 Å². The van der Waals surface area contributed by atoms with Crippen molar-refractivity contribution in [3.63, 3.8) is 0 Å². The second-order valence-corrected chi connectivity index (χ2v) is 6.92. The van der Waals surface area contributed by atoms with Gasteiger partial charge in [0.1, 0.15) is 0 Å². The van der Waals surface area contributed by atoms with E-state index in [4.69, 9.17) is 0 Å². The van der Waals surface area contributed by atoms with Gasteiger partial charge in [0.05, 0.1) is 11.5 Å². The number of likely N-dealkylation sites (tertiary alicyclic amines) is 1. The summed E-state index contributed by atoms with van der Waals surface area (Å²) in [6.07, 6.45) is 2.62. The van der Waals surface area contributed by atoms with Crippen LogP contribution in [-0.2, 0) is 9.59 Å². The predicted octanol–water partition coefficient (Wildman–Crippen LogP) is 1.29. The van der Waals surface area contributed by atoms with E-state index in [1.54, 1.807) is 4.90 Å². The van der Waals surface area contributed by atoms with Crippen molar-refractivity contribution in [1.29, 1.82) is 0 Å². The Balaban J connectivity index is 2.16. The predicted molar refractivity (Wildman–Crippen MR) is 76.3 cm³/mol. The number of likely N-dealkylation sites (N-methyl/N-ethyl adjacent to an activating group) is 1. The van der Waals surface area contributed by atoms with Crippen LogP contribution in [0.2, 0.25) is 0 Å². The molecule has 0 bridgehead atoms. The number of rotatable bonds is 4. The highest BCUT2D eigenvalue weighted by molar-refractivity contribution is 5.85. The molecular formula is C15H26N2O3. The molecule has 2 rings (SSSR count). The monoisotopic (exact) mass is 282 g/mol. The van der Waals surface area contributed by atoms with Crippen LogP contribution < -0.4 is 0 Å². The highest BCUT2D eigenvalue weighted by Crippen LogP contribution is 2.49. The number of nitrogens with zero attached hydrogens (tertiary/aromatic N) is 2. The first kappa shape index (κ1) is 15.3. The van der Waals surface area contributed by atoms with Gasteiger partial charge in [-0.05, 0) is 38.8 Å². The zero-order valence-corrected chi connectivity index (χ0v) is 12.9. The van der Waals surface area contributed by atoms with Gasteiger partial charge in [-0.25, -0.2) is 0 Å². The van der Waals surface area contributed by atoms with E-state index in [1.165, 1.54) is 0 Å². The normalized spacial score (nSPS) is 30.9. The topological polar surface area (TPSA) is 60.9 Å². The number of carboxylic acid groups (broad SMARTS) is 1. The van der Waals surface area contributed by atoms with Gasteiger partial charge in [0, 0.05) is 13.1 Å². The Morgan fingerprint density at radius 1 is 1.35 bits per heavy atom. The SMILES string of the molecule is CC(C)[C@H](C(=O)N1C[C@@H]2CCC[C@@]2(C(=O)O)C1)N(C)C. The molecular weight excluding hydrogens is 256 g/mol. The number of carbonyl (C=O) groups excluding carboxylic acids is 1. The molecule has 114 valence electrons. The lowest BCUT2D eigenvalue weighted by Gasteiger charge is -2.31. The fraction of sp³-hybridized carbons (Fsp3) is 0.867. The van der Waals surface area contributed by atoms with E-state index < -0.39 is 11.4 Å². The Labute approximate surface area is 120 Å². The molecule has 0 aromatic rings. The summed E-state index contributed by atoms with van der Waals surface area (Å²) < 4.78 is 0. The van der Waals surface area contributed by atoms with Crippen LogP contribution in [0.15, 0.2) is 0 Å². The summed E-state index contributed by atoms with van der Waals surface area (Å²) >= 11 is 0. The Morgan fingerprint density at radius 2 is 2.00 bits per heavy atom. The minimum atomic E-state index is -0.721. The molecule has 0 radical (unpaired) electrons. The van der Waals surface area contributed by atoms with Gasteiger partial charge in [0.15, 0.2) is 0 Å². The van der Waals surface area contributed by atoms with E-state index in [2.05, 4.69) is 0 Å². The molecule has 0 unspecified atom stereocenters. The van der Waals surface area contributed by atoms with E-state index in [9.17, 15) is 14.7 Å². The van der Waals surface area contributed by atoms with E-state index in [1.807, 2.05) is 32.8 Å². The first-order valence-corrected chi connectivity index (χ1v) is 7.48. The Bertz CT molecular complexity index is 400. The molecule has 2 aliphatic rings. The quantitative estimate of drug-likeness (QED) is 0.844. The highest BCUT2D eigenvalue weighted by atomic mass is 16.4. The molecule has 1 saturated heterocycles. The van der Waals surface area contributed by atoms with Crippen molar-refractivity contribution in [3.05, 3.63) is 0 Å². The zero-order chi connectivity index (χ0) is 15.1. The number of hydrogen-bond acceptors (Lipinski definition) is 3. The molecule has 5 nitrogen and oxygen atoms in total. The molecule has 0 spiro atoms. The largest absolute Gasteiger partial charge is 0.481 e. The van der Waals surface area contributed by atoms with Gasteiger partial charge >= 0.3 is 5.97 Å². The minimum absolute atomic E-state index is 0.0834. The third-order valence-corrected chi connectivity index (χ3v) is 5.05. The number of carbonyl (C=O) groups is 2. The summed E-state index contributed by atoms with van der Waals surface area (Å²) in [6.45, 7) is 5.07. The fourth-order valence-corrected chi connectivity index (χ4v) is 4.10. The molecule has 1 saturated carbocycles. The number of aliphatic carboxylic acids is 1. The number of amides is 1. The summed E-state index contributed by atoms with van der Waals surface area (Å²) in [7, 11) is 3.82. The fourth-order valence-electron chi connectivity index (χ4n) is 4.10. The number of fused-ring (bicyclic) bond motifs is 1. The molecule has 2 fully saturated rings. The van der Waals surface area contributed by atoms with Gasteiger partial charge in [-0.1, -0.05) is 20.3 Å². The van der Waals surface area contributed by atoms with Gasteiger partial charge in [-0.3, -0.25) is 14.5 Å². The first-order valence-electron chi connectivity index (χ1n) is 7.48. The smallest absolute Gasteiger partial charge is 0.311 e. The van der Waals surface area contributed by atoms with Crippen LogP contribution in [0, 0.1) is 17.3 Å². The minimum Gasteiger partial charge on any atom is -0.481 e. The van der Waals surface area contributed by atoms with Crippen molar-refractivity contribution in [3.8, 4) is 0 Å². The van der Waals surface area contributed by atoms with E-state index in [-0.39, 0.29) is 23.8 Å². The van der Waals surface area contributed by atoms with Crippen LogP contribution in [0.3, 0.4) is 0 Å². The molecule has 1 aliphatic carbocycles. The maximum Gasteiger partial charge on any atom is 0.311 e. The maximum absolute atomic E-state index is 12.7. The van der Waals surface area contributed by atoms with Crippen molar-refractivity contribution in [2.24, 2.45) is 17.3 Å².